The van der Waals surface area contributed by atoms with E-state index in [1.54, 1.807) is 11.9 Å². The average molecular weight is 313 g/mol. The van der Waals surface area contributed by atoms with Gasteiger partial charge in [0.1, 0.15) is 0 Å². The number of amides is 1. The summed E-state index contributed by atoms with van der Waals surface area (Å²) in [6, 6.07) is 13.3. The summed E-state index contributed by atoms with van der Waals surface area (Å²) in [7, 11) is 1.74. The van der Waals surface area contributed by atoms with E-state index in [1.165, 1.54) is 0 Å². The molecule has 1 aliphatic heterocycles. The van der Waals surface area contributed by atoms with Crippen LogP contribution in [-0.4, -0.2) is 42.9 Å². The maximum absolute atomic E-state index is 12.3. The fourth-order valence-electron chi connectivity index (χ4n) is 2.51. The van der Waals surface area contributed by atoms with Crippen LogP contribution in [0.2, 0.25) is 0 Å². The first-order valence-electron chi connectivity index (χ1n) is 7.55. The van der Waals surface area contributed by atoms with Crippen LogP contribution in [0.5, 0.6) is 11.5 Å². The van der Waals surface area contributed by atoms with Crippen molar-refractivity contribution < 1.29 is 19.4 Å². The number of carbonyl (C=O) groups is 1. The molecule has 0 saturated heterocycles. The Labute approximate surface area is 135 Å². The lowest BCUT2D eigenvalue weighted by atomic mass is 10.0. The van der Waals surface area contributed by atoms with Crippen molar-refractivity contribution in [3.63, 3.8) is 0 Å². The standard InChI is InChI=1S/C18H19NO4/c1-19(9-2-10-20)18(21)14-5-3-13(4-6-14)15-7-8-16-17(11-15)23-12-22-16/h3-8,11,20H,2,9-10,12H2,1H3. The Kier molecular flexibility index (Phi) is 4.48. The van der Waals surface area contributed by atoms with Crippen molar-refractivity contribution in [1.82, 2.24) is 4.90 Å². The molecule has 1 N–H and O–H groups in total. The van der Waals surface area contributed by atoms with E-state index >= 15 is 0 Å². The molecule has 0 radical (unpaired) electrons. The summed E-state index contributed by atoms with van der Waals surface area (Å²) < 4.78 is 10.7. The third kappa shape index (κ3) is 3.29. The zero-order valence-corrected chi connectivity index (χ0v) is 13.0. The molecule has 5 nitrogen and oxygen atoms in total. The van der Waals surface area contributed by atoms with Crippen LogP contribution in [0.15, 0.2) is 42.5 Å². The van der Waals surface area contributed by atoms with Crippen molar-refractivity contribution in [2.24, 2.45) is 0 Å². The van der Waals surface area contributed by atoms with Crippen LogP contribution in [-0.2, 0) is 0 Å². The highest BCUT2D eigenvalue weighted by Crippen LogP contribution is 2.35. The predicted molar refractivity (Wildman–Crippen MR) is 86.7 cm³/mol. The lowest BCUT2D eigenvalue weighted by molar-refractivity contribution is 0.0786. The first-order chi connectivity index (χ1) is 11.2. The second-order valence-corrected chi connectivity index (χ2v) is 5.45. The maximum atomic E-state index is 12.3. The monoisotopic (exact) mass is 313 g/mol. The smallest absolute Gasteiger partial charge is 0.253 e. The van der Waals surface area contributed by atoms with Gasteiger partial charge in [0.2, 0.25) is 6.79 Å². The molecule has 2 aromatic rings. The van der Waals surface area contributed by atoms with Gasteiger partial charge >= 0.3 is 0 Å². The number of aliphatic hydroxyl groups is 1. The van der Waals surface area contributed by atoms with Crippen LogP contribution < -0.4 is 9.47 Å². The van der Waals surface area contributed by atoms with Crippen molar-refractivity contribution in [3.05, 3.63) is 48.0 Å². The lowest BCUT2D eigenvalue weighted by Gasteiger charge is -2.16. The van der Waals surface area contributed by atoms with Crippen molar-refractivity contribution in [2.75, 3.05) is 27.0 Å². The Morgan fingerprint density at radius 1 is 1.09 bits per heavy atom. The summed E-state index contributed by atoms with van der Waals surface area (Å²) >= 11 is 0. The molecule has 0 aromatic heterocycles. The van der Waals surface area contributed by atoms with E-state index in [2.05, 4.69) is 0 Å². The number of hydrogen-bond acceptors (Lipinski definition) is 4. The summed E-state index contributed by atoms with van der Waals surface area (Å²) in [5.41, 5.74) is 2.66. The largest absolute Gasteiger partial charge is 0.454 e. The number of benzene rings is 2. The Morgan fingerprint density at radius 3 is 2.52 bits per heavy atom. The van der Waals surface area contributed by atoms with Crippen molar-refractivity contribution >= 4 is 5.91 Å². The third-order valence-corrected chi connectivity index (χ3v) is 3.84. The van der Waals surface area contributed by atoms with Gasteiger partial charge in [-0.1, -0.05) is 18.2 Å². The summed E-state index contributed by atoms with van der Waals surface area (Å²) in [5.74, 6) is 1.45. The zero-order chi connectivity index (χ0) is 16.2. The molecule has 0 aliphatic carbocycles. The van der Waals surface area contributed by atoms with E-state index in [9.17, 15) is 4.79 Å². The molecule has 3 rings (SSSR count). The minimum absolute atomic E-state index is 0.0457. The van der Waals surface area contributed by atoms with Gasteiger partial charge in [-0.05, 0) is 41.8 Å². The van der Waals surface area contributed by atoms with Crippen LogP contribution in [0.3, 0.4) is 0 Å². The van der Waals surface area contributed by atoms with E-state index in [0.717, 1.165) is 22.6 Å². The molecule has 2 aromatic carbocycles. The molecular weight excluding hydrogens is 294 g/mol. The second kappa shape index (κ2) is 6.71. The molecule has 23 heavy (non-hydrogen) atoms. The molecule has 0 unspecified atom stereocenters. The maximum Gasteiger partial charge on any atom is 0.253 e. The van der Waals surface area contributed by atoms with Gasteiger partial charge in [0.15, 0.2) is 11.5 Å². The van der Waals surface area contributed by atoms with E-state index in [-0.39, 0.29) is 19.3 Å². The van der Waals surface area contributed by atoms with Gasteiger partial charge in [0.25, 0.3) is 5.91 Å². The van der Waals surface area contributed by atoms with Gasteiger partial charge in [-0.25, -0.2) is 0 Å². The van der Waals surface area contributed by atoms with Gasteiger partial charge < -0.3 is 19.5 Å². The van der Waals surface area contributed by atoms with E-state index in [4.69, 9.17) is 14.6 Å². The SMILES string of the molecule is CN(CCCO)C(=O)c1ccc(-c2ccc3c(c2)OCO3)cc1. The fourth-order valence-corrected chi connectivity index (χ4v) is 2.51. The van der Waals surface area contributed by atoms with Crippen LogP contribution >= 0.6 is 0 Å². The highest BCUT2D eigenvalue weighted by atomic mass is 16.7. The normalized spacial score (nSPS) is 12.3. The minimum Gasteiger partial charge on any atom is -0.454 e. The van der Waals surface area contributed by atoms with Gasteiger partial charge in [-0.2, -0.15) is 0 Å². The minimum atomic E-state index is -0.0457. The molecule has 0 atom stereocenters. The average Bonchev–Trinajstić information content (AvgIpc) is 3.06. The molecule has 0 fully saturated rings. The van der Waals surface area contributed by atoms with Gasteiger partial charge in [0, 0.05) is 25.8 Å². The number of hydrogen-bond donors (Lipinski definition) is 1. The molecular formula is C18H19NO4. The number of rotatable bonds is 5. The van der Waals surface area contributed by atoms with Crippen LogP contribution in [0.1, 0.15) is 16.8 Å². The van der Waals surface area contributed by atoms with E-state index in [1.807, 2.05) is 42.5 Å². The quantitative estimate of drug-likeness (QED) is 0.921. The predicted octanol–water partition coefficient (Wildman–Crippen LogP) is 2.54. The van der Waals surface area contributed by atoms with E-state index < -0.39 is 0 Å². The Balaban J connectivity index is 1.75. The van der Waals surface area contributed by atoms with Crippen molar-refractivity contribution in [3.8, 4) is 22.6 Å². The molecule has 120 valence electrons. The summed E-state index contributed by atoms with van der Waals surface area (Å²) in [4.78, 5) is 13.9. The molecule has 1 aliphatic rings. The topological polar surface area (TPSA) is 59.0 Å². The van der Waals surface area contributed by atoms with Crippen LogP contribution in [0.25, 0.3) is 11.1 Å². The first kappa shape index (κ1) is 15.4. The fraction of sp³-hybridized carbons (Fsp3) is 0.278. The number of carbonyl (C=O) groups excluding carboxylic acids is 1. The summed E-state index contributed by atoms with van der Waals surface area (Å²) in [5, 5.41) is 8.84. The first-order valence-corrected chi connectivity index (χ1v) is 7.55. The Hall–Kier alpha value is -2.53. The number of fused-ring (bicyclic) bond motifs is 1. The van der Waals surface area contributed by atoms with E-state index in [0.29, 0.717) is 18.5 Å². The second-order valence-electron chi connectivity index (χ2n) is 5.45. The summed E-state index contributed by atoms with van der Waals surface area (Å²) in [6.07, 6.45) is 0.581. The molecule has 5 heteroatoms. The zero-order valence-electron chi connectivity index (χ0n) is 13.0. The highest BCUT2D eigenvalue weighted by Gasteiger charge is 2.15. The molecule has 1 amide bonds. The summed E-state index contributed by atoms with van der Waals surface area (Å²) in [6.45, 7) is 0.881. The van der Waals surface area contributed by atoms with Gasteiger partial charge in [0.05, 0.1) is 0 Å². The van der Waals surface area contributed by atoms with Gasteiger partial charge in [-0.15, -0.1) is 0 Å². The highest BCUT2D eigenvalue weighted by molar-refractivity contribution is 5.94. The number of aliphatic hydroxyl groups excluding tert-OH is 1. The van der Waals surface area contributed by atoms with Crippen molar-refractivity contribution in [1.29, 1.82) is 0 Å². The van der Waals surface area contributed by atoms with Crippen LogP contribution in [0, 0.1) is 0 Å². The number of nitrogens with zero attached hydrogens (tertiary/aromatic N) is 1. The van der Waals surface area contributed by atoms with Crippen molar-refractivity contribution in [2.45, 2.75) is 6.42 Å². The van der Waals surface area contributed by atoms with Gasteiger partial charge in [-0.3, -0.25) is 4.79 Å². The molecule has 0 saturated carbocycles. The number of ether oxygens (including phenoxy) is 2. The Bertz CT molecular complexity index is 697. The third-order valence-electron chi connectivity index (χ3n) is 3.84. The Morgan fingerprint density at radius 2 is 1.78 bits per heavy atom. The molecule has 0 spiro atoms. The lowest BCUT2D eigenvalue weighted by Crippen LogP contribution is -2.28. The van der Waals surface area contributed by atoms with Crippen LogP contribution in [0.4, 0.5) is 0 Å². The molecule has 0 bridgehead atoms. The molecule has 1 heterocycles.